The van der Waals surface area contributed by atoms with Crippen molar-refractivity contribution in [3.05, 3.63) is 0 Å². The van der Waals surface area contributed by atoms with Gasteiger partial charge in [0.1, 0.15) is 0 Å². The third-order valence-corrected chi connectivity index (χ3v) is 5.11. The second-order valence-electron chi connectivity index (χ2n) is 7.13. The summed E-state index contributed by atoms with van der Waals surface area (Å²) in [6.45, 7) is 8.04. The molecule has 0 unspecified atom stereocenters. The molecule has 122 valence electrons. The normalized spacial score (nSPS) is 27.1. The highest BCUT2D eigenvalue weighted by atomic mass is 16.2. The van der Waals surface area contributed by atoms with E-state index in [9.17, 15) is 4.79 Å². The summed E-state index contributed by atoms with van der Waals surface area (Å²) in [5.41, 5.74) is 0. The van der Waals surface area contributed by atoms with Gasteiger partial charge in [0.2, 0.25) is 5.91 Å². The number of hydrogen-bond donors (Lipinski definition) is 0. The van der Waals surface area contributed by atoms with Crippen LogP contribution in [0.1, 0.15) is 45.4 Å². The number of carbonyl (C=O) groups excluding carboxylic acids is 1. The van der Waals surface area contributed by atoms with Gasteiger partial charge in [-0.1, -0.05) is 12.8 Å². The summed E-state index contributed by atoms with van der Waals surface area (Å²) >= 11 is 0. The minimum Gasteiger partial charge on any atom is -0.347 e. The summed E-state index contributed by atoms with van der Waals surface area (Å²) in [6, 6.07) is 0.0342. The van der Waals surface area contributed by atoms with Gasteiger partial charge in [0.15, 0.2) is 0 Å². The molecule has 0 bridgehead atoms. The van der Waals surface area contributed by atoms with Crippen LogP contribution in [0.25, 0.3) is 0 Å². The Morgan fingerprint density at radius 3 is 2.38 bits per heavy atom. The topological polar surface area (TPSA) is 26.8 Å². The molecule has 2 atom stereocenters. The van der Waals surface area contributed by atoms with Gasteiger partial charge < -0.3 is 9.80 Å². The van der Waals surface area contributed by atoms with Gasteiger partial charge in [0, 0.05) is 27.2 Å². The van der Waals surface area contributed by atoms with Crippen molar-refractivity contribution >= 4 is 5.91 Å². The summed E-state index contributed by atoms with van der Waals surface area (Å²) in [6.07, 6.45) is 8.11. The maximum absolute atomic E-state index is 12.2. The van der Waals surface area contributed by atoms with E-state index < -0.39 is 0 Å². The lowest BCUT2D eigenvalue weighted by molar-refractivity contribution is -0.134. The fourth-order valence-electron chi connectivity index (χ4n) is 3.81. The number of carbonyl (C=O) groups is 1. The molecule has 2 saturated heterocycles. The van der Waals surface area contributed by atoms with Gasteiger partial charge in [-0.25, -0.2) is 0 Å². The molecule has 0 saturated carbocycles. The lowest BCUT2D eigenvalue weighted by Crippen LogP contribution is -2.50. The van der Waals surface area contributed by atoms with Crippen molar-refractivity contribution in [3.8, 4) is 0 Å². The molecule has 0 spiro atoms. The van der Waals surface area contributed by atoms with E-state index in [4.69, 9.17) is 0 Å². The van der Waals surface area contributed by atoms with Gasteiger partial charge in [-0.2, -0.15) is 0 Å². The Bertz CT molecular complexity index is 324. The Labute approximate surface area is 130 Å². The molecule has 1 amide bonds. The summed E-state index contributed by atoms with van der Waals surface area (Å²) < 4.78 is 0. The van der Waals surface area contributed by atoms with E-state index in [-0.39, 0.29) is 11.9 Å². The van der Waals surface area contributed by atoms with Crippen molar-refractivity contribution in [2.24, 2.45) is 5.92 Å². The van der Waals surface area contributed by atoms with E-state index >= 15 is 0 Å². The summed E-state index contributed by atoms with van der Waals surface area (Å²) in [5.74, 6) is 0.986. The van der Waals surface area contributed by atoms with Crippen LogP contribution in [-0.2, 0) is 4.79 Å². The monoisotopic (exact) mass is 295 g/mol. The summed E-state index contributed by atoms with van der Waals surface area (Å²) in [5, 5.41) is 0. The highest BCUT2D eigenvalue weighted by Crippen LogP contribution is 2.21. The third kappa shape index (κ3) is 4.96. The van der Waals surface area contributed by atoms with Crippen LogP contribution in [0.3, 0.4) is 0 Å². The molecule has 2 rings (SSSR count). The van der Waals surface area contributed by atoms with Crippen LogP contribution in [-0.4, -0.2) is 73.5 Å². The number of piperidine rings is 1. The number of amides is 1. The lowest BCUT2D eigenvalue weighted by atomic mass is 9.96. The largest absolute Gasteiger partial charge is 0.347 e. The number of rotatable bonds is 4. The molecule has 0 aliphatic carbocycles. The van der Waals surface area contributed by atoms with Crippen LogP contribution >= 0.6 is 0 Å². The van der Waals surface area contributed by atoms with Crippen molar-refractivity contribution < 1.29 is 4.79 Å². The highest BCUT2D eigenvalue weighted by molar-refractivity contribution is 5.80. The zero-order valence-electron chi connectivity index (χ0n) is 14.2. The number of nitrogens with zero attached hydrogens (tertiary/aromatic N) is 3. The minimum absolute atomic E-state index is 0.0342. The predicted molar refractivity (Wildman–Crippen MR) is 87.4 cm³/mol. The molecule has 21 heavy (non-hydrogen) atoms. The van der Waals surface area contributed by atoms with Crippen LogP contribution in [0, 0.1) is 5.92 Å². The van der Waals surface area contributed by atoms with Gasteiger partial charge in [-0.3, -0.25) is 9.69 Å². The Kier molecular flexibility index (Phi) is 6.49. The highest BCUT2D eigenvalue weighted by Gasteiger charge is 2.29. The number of hydrogen-bond acceptors (Lipinski definition) is 3. The Morgan fingerprint density at radius 2 is 1.76 bits per heavy atom. The average molecular weight is 295 g/mol. The lowest BCUT2D eigenvalue weighted by Gasteiger charge is -2.38. The molecule has 2 heterocycles. The minimum atomic E-state index is 0.0342. The van der Waals surface area contributed by atoms with E-state index in [0.29, 0.717) is 0 Å². The maximum atomic E-state index is 12.2. The Morgan fingerprint density at radius 1 is 1.10 bits per heavy atom. The van der Waals surface area contributed by atoms with Gasteiger partial charge in [0.25, 0.3) is 0 Å². The molecule has 0 aromatic rings. The molecule has 2 fully saturated rings. The molecule has 0 N–H and O–H groups in total. The number of likely N-dealkylation sites (tertiary alicyclic amines) is 2. The zero-order valence-corrected chi connectivity index (χ0v) is 14.2. The predicted octanol–water partition coefficient (Wildman–Crippen LogP) is 2.05. The Hall–Kier alpha value is -0.610. The van der Waals surface area contributed by atoms with Gasteiger partial charge in [-0.05, 0) is 58.2 Å². The Balaban J connectivity index is 1.83. The van der Waals surface area contributed by atoms with Crippen LogP contribution in [0.2, 0.25) is 0 Å². The second kappa shape index (κ2) is 8.14. The van der Waals surface area contributed by atoms with Gasteiger partial charge in [-0.15, -0.1) is 0 Å². The summed E-state index contributed by atoms with van der Waals surface area (Å²) in [7, 11) is 3.72. The van der Waals surface area contributed by atoms with Crippen LogP contribution < -0.4 is 0 Å². The van der Waals surface area contributed by atoms with Crippen LogP contribution in [0.4, 0.5) is 0 Å². The second-order valence-corrected chi connectivity index (χ2v) is 7.13. The molecule has 2 aliphatic rings. The fourth-order valence-corrected chi connectivity index (χ4v) is 3.81. The first kappa shape index (κ1) is 16.8. The van der Waals surface area contributed by atoms with E-state index in [0.717, 1.165) is 19.0 Å². The molecule has 0 aromatic heterocycles. The molecule has 2 aliphatic heterocycles. The first-order valence-electron chi connectivity index (χ1n) is 8.75. The molecule has 0 aromatic carbocycles. The van der Waals surface area contributed by atoms with Crippen molar-refractivity contribution in [2.45, 2.75) is 51.5 Å². The van der Waals surface area contributed by atoms with E-state index in [1.165, 1.54) is 58.2 Å². The first-order valence-corrected chi connectivity index (χ1v) is 8.75. The SMILES string of the molecule is C[C@H](C(=O)N(C)C)N1CCC[C@H](CN2CCCCCC2)C1. The summed E-state index contributed by atoms with van der Waals surface area (Å²) in [4.78, 5) is 18.9. The maximum Gasteiger partial charge on any atom is 0.239 e. The van der Waals surface area contributed by atoms with E-state index in [1.54, 1.807) is 4.90 Å². The smallest absolute Gasteiger partial charge is 0.239 e. The van der Waals surface area contributed by atoms with Crippen molar-refractivity contribution in [3.63, 3.8) is 0 Å². The van der Waals surface area contributed by atoms with E-state index in [1.807, 2.05) is 14.1 Å². The molecule has 4 nitrogen and oxygen atoms in total. The van der Waals surface area contributed by atoms with Gasteiger partial charge >= 0.3 is 0 Å². The third-order valence-electron chi connectivity index (χ3n) is 5.11. The van der Waals surface area contributed by atoms with Crippen LogP contribution in [0.15, 0.2) is 0 Å². The van der Waals surface area contributed by atoms with E-state index in [2.05, 4.69) is 16.7 Å². The fraction of sp³-hybridized carbons (Fsp3) is 0.941. The van der Waals surface area contributed by atoms with Crippen molar-refractivity contribution in [1.82, 2.24) is 14.7 Å². The van der Waals surface area contributed by atoms with Crippen molar-refractivity contribution in [2.75, 3.05) is 46.8 Å². The standard InChI is InChI=1S/C17H33N3O/c1-15(17(21)18(2)3)20-12-8-9-16(14-20)13-19-10-6-4-5-7-11-19/h15-16H,4-14H2,1-3H3/t15-,16-/m1/s1. The molecular formula is C17H33N3O. The quantitative estimate of drug-likeness (QED) is 0.794. The zero-order chi connectivity index (χ0) is 15.2. The number of likely N-dealkylation sites (N-methyl/N-ethyl adjacent to an activating group) is 1. The first-order chi connectivity index (χ1) is 10.1. The molecule has 0 radical (unpaired) electrons. The van der Waals surface area contributed by atoms with Gasteiger partial charge in [0.05, 0.1) is 6.04 Å². The molecular weight excluding hydrogens is 262 g/mol. The van der Waals surface area contributed by atoms with Crippen molar-refractivity contribution in [1.29, 1.82) is 0 Å². The molecule has 4 heteroatoms. The van der Waals surface area contributed by atoms with Crippen LogP contribution in [0.5, 0.6) is 0 Å². The average Bonchev–Trinajstić information content (AvgIpc) is 2.74.